The number of carbonyl (C=O) groups excluding carboxylic acids is 2. The molecule has 2 aromatic rings. The fourth-order valence-electron chi connectivity index (χ4n) is 3.31. The molecule has 2 aromatic carbocycles. The number of carbonyl (C=O) groups is 2. The van der Waals surface area contributed by atoms with Crippen molar-refractivity contribution in [2.24, 2.45) is 5.92 Å². The highest BCUT2D eigenvalue weighted by molar-refractivity contribution is 6.43. The predicted octanol–water partition coefficient (Wildman–Crippen LogP) is 1.93. The average molecular weight is 483 g/mol. The summed E-state index contributed by atoms with van der Waals surface area (Å²) in [5, 5.41) is 33.9. The molecule has 2 atom stereocenters. The molecule has 0 aliphatic heterocycles. The van der Waals surface area contributed by atoms with Gasteiger partial charge in [-0.3, -0.25) is 9.59 Å². The molecule has 1 unspecified atom stereocenters. The van der Waals surface area contributed by atoms with E-state index in [4.69, 9.17) is 4.74 Å². The molecule has 0 bridgehead atoms. The van der Waals surface area contributed by atoms with Crippen LogP contribution in [-0.4, -0.2) is 47.1 Å². The summed E-state index contributed by atoms with van der Waals surface area (Å²) in [6.45, 7) is 5.28. The van der Waals surface area contributed by atoms with Crippen molar-refractivity contribution >= 4 is 18.9 Å². The van der Waals surface area contributed by atoms with E-state index in [-0.39, 0.29) is 31.6 Å². The third-order valence-electron chi connectivity index (χ3n) is 5.00. The minimum Gasteiger partial charge on any atom is -0.490 e. The Morgan fingerprint density at radius 2 is 1.80 bits per heavy atom. The second kappa shape index (κ2) is 12.9. The van der Waals surface area contributed by atoms with Gasteiger partial charge in [-0.05, 0) is 56.9 Å². The Hall–Kier alpha value is -3.42. The highest BCUT2D eigenvalue weighted by Crippen LogP contribution is 2.21. The molecule has 0 fully saturated rings. The van der Waals surface area contributed by atoms with E-state index in [1.165, 1.54) is 18.2 Å². The van der Waals surface area contributed by atoms with Crippen LogP contribution in [-0.2, 0) is 22.4 Å². The van der Waals surface area contributed by atoms with E-state index in [0.717, 1.165) is 5.56 Å². The molecular weight excluding hydrogens is 452 g/mol. The Kier molecular flexibility index (Phi) is 10.2. The van der Waals surface area contributed by atoms with Gasteiger partial charge >= 0.3 is 7.12 Å². The van der Waals surface area contributed by atoms with Gasteiger partial charge in [0, 0.05) is 5.54 Å². The normalized spacial score (nSPS) is 12.7. The first-order valence-corrected chi connectivity index (χ1v) is 11.3. The van der Waals surface area contributed by atoms with E-state index in [9.17, 15) is 29.3 Å². The number of ether oxygens (including phenoxy) is 1. The number of hydrogen-bond acceptors (Lipinski definition) is 6. The molecule has 8 nitrogen and oxygen atoms in total. The van der Waals surface area contributed by atoms with E-state index in [2.05, 4.69) is 10.6 Å². The Labute approximate surface area is 205 Å². The second-order valence-corrected chi connectivity index (χ2v) is 9.27. The molecule has 0 aromatic heterocycles. The summed E-state index contributed by atoms with van der Waals surface area (Å²) in [6, 6.07) is 15.1. The molecule has 35 heavy (non-hydrogen) atoms. The maximum Gasteiger partial charge on any atom is 0.475 e. The number of nitriles is 1. The lowest BCUT2D eigenvalue weighted by atomic mass is 9.76. The zero-order valence-electron chi connectivity index (χ0n) is 20.1. The summed E-state index contributed by atoms with van der Waals surface area (Å²) < 4.78 is 19.6. The van der Waals surface area contributed by atoms with Crippen molar-refractivity contribution in [3.8, 4) is 11.8 Å². The lowest BCUT2D eigenvalue weighted by molar-refractivity contribution is -0.125. The molecule has 0 saturated heterocycles. The molecule has 0 aliphatic rings. The summed E-state index contributed by atoms with van der Waals surface area (Å²) in [6.07, 6.45) is 0.159. The maximum absolute atomic E-state index is 14.2. The van der Waals surface area contributed by atoms with Crippen molar-refractivity contribution in [3.63, 3.8) is 0 Å². The minimum absolute atomic E-state index is 0.0745. The lowest BCUT2D eigenvalue weighted by Crippen LogP contribution is -2.48. The van der Waals surface area contributed by atoms with Crippen LogP contribution in [0.1, 0.15) is 38.3 Å². The van der Waals surface area contributed by atoms with Crippen LogP contribution in [0.5, 0.6) is 5.75 Å². The van der Waals surface area contributed by atoms with Gasteiger partial charge in [0.15, 0.2) is 11.6 Å². The monoisotopic (exact) mass is 483 g/mol. The molecular formula is C25H31BFN3O5. The number of nitrogens with zero attached hydrogens (tertiary/aromatic N) is 1. The molecule has 2 amide bonds. The van der Waals surface area contributed by atoms with Gasteiger partial charge in [-0.15, -0.1) is 0 Å². The molecule has 186 valence electrons. The third-order valence-corrected chi connectivity index (χ3v) is 5.00. The lowest BCUT2D eigenvalue weighted by Gasteiger charge is -2.22. The Balaban J connectivity index is 1.92. The average Bonchev–Trinajstić information content (AvgIpc) is 2.78. The van der Waals surface area contributed by atoms with Gasteiger partial charge in [0.05, 0.1) is 25.0 Å². The van der Waals surface area contributed by atoms with E-state index < -0.39 is 42.1 Å². The highest BCUT2D eigenvalue weighted by atomic mass is 19.1. The number of halogens is 1. The number of benzene rings is 2. The van der Waals surface area contributed by atoms with E-state index in [1.54, 1.807) is 0 Å². The van der Waals surface area contributed by atoms with E-state index >= 15 is 0 Å². The Morgan fingerprint density at radius 1 is 1.11 bits per heavy atom. The topological polar surface area (TPSA) is 132 Å². The fourth-order valence-corrected chi connectivity index (χ4v) is 3.31. The molecule has 4 N–H and O–H groups in total. The number of nitrogens with one attached hydrogen (secondary N) is 2. The van der Waals surface area contributed by atoms with Crippen molar-refractivity contribution in [2.45, 2.75) is 51.5 Å². The van der Waals surface area contributed by atoms with Crippen LogP contribution in [0, 0.1) is 23.1 Å². The summed E-state index contributed by atoms with van der Waals surface area (Å²) in [5.41, 5.74) is 0.872. The Morgan fingerprint density at radius 3 is 2.40 bits per heavy atom. The van der Waals surface area contributed by atoms with Crippen LogP contribution < -0.4 is 15.4 Å². The first kappa shape index (κ1) is 27.8. The number of amides is 2. The molecule has 0 saturated carbocycles. The minimum atomic E-state index is -1.75. The number of rotatable bonds is 11. The molecule has 0 aliphatic carbocycles. The van der Waals surface area contributed by atoms with E-state index in [0.29, 0.717) is 5.56 Å². The van der Waals surface area contributed by atoms with Crippen LogP contribution in [0.2, 0.25) is 0 Å². The maximum atomic E-state index is 14.2. The van der Waals surface area contributed by atoms with Crippen LogP contribution in [0.3, 0.4) is 0 Å². The molecule has 0 radical (unpaired) electrons. The second-order valence-electron chi connectivity index (χ2n) is 9.27. The first-order valence-electron chi connectivity index (χ1n) is 11.3. The first-order chi connectivity index (χ1) is 16.5. The van der Waals surface area contributed by atoms with Crippen LogP contribution in [0.4, 0.5) is 4.39 Å². The zero-order valence-corrected chi connectivity index (χ0v) is 20.1. The van der Waals surface area contributed by atoms with Crippen molar-refractivity contribution in [3.05, 3.63) is 65.5 Å². The molecule has 2 rings (SSSR count). The largest absolute Gasteiger partial charge is 0.490 e. The van der Waals surface area contributed by atoms with Gasteiger partial charge < -0.3 is 25.4 Å². The van der Waals surface area contributed by atoms with Crippen molar-refractivity contribution < 1.29 is 28.8 Å². The smallest absolute Gasteiger partial charge is 0.475 e. The quantitative estimate of drug-likeness (QED) is 0.361. The van der Waals surface area contributed by atoms with Crippen molar-refractivity contribution in [1.82, 2.24) is 10.6 Å². The summed E-state index contributed by atoms with van der Waals surface area (Å²) in [4.78, 5) is 24.6. The van der Waals surface area contributed by atoms with Gasteiger partial charge in [-0.2, -0.15) is 5.26 Å². The highest BCUT2D eigenvalue weighted by Gasteiger charge is 2.26. The molecule has 0 heterocycles. The standard InChI is InChI=1S/C25H31BFN3O5/c1-25(2,3)30-24(32)19(16-28)13-18-9-10-20(27)21(14-18)35-12-11-23(31)29-22(26(33)34)15-17-7-5-4-6-8-17/h4-10,14,19,22,33-34H,11-13,15H2,1-3H3,(H,29,31)(H,30,32)/t19?,22-/m0/s1. The number of hydrogen-bond donors (Lipinski definition) is 4. The zero-order chi connectivity index (χ0) is 26.0. The van der Waals surface area contributed by atoms with Crippen LogP contribution in [0.25, 0.3) is 0 Å². The summed E-state index contributed by atoms with van der Waals surface area (Å²) >= 11 is 0. The molecule has 10 heteroatoms. The fraction of sp³-hybridized carbons (Fsp3) is 0.400. The van der Waals surface area contributed by atoms with Gasteiger partial charge in [-0.25, -0.2) is 4.39 Å². The van der Waals surface area contributed by atoms with E-state index in [1.807, 2.05) is 57.2 Å². The SMILES string of the molecule is CC(C)(C)NC(=O)C(C#N)Cc1ccc(F)c(OCCC(=O)N[C@@H](Cc2ccccc2)B(O)O)c1. The van der Waals surface area contributed by atoms with Crippen LogP contribution in [0.15, 0.2) is 48.5 Å². The third kappa shape index (κ3) is 9.77. The summed E-state index contributed by atoms with van der Waals surface area (Å²) in [5.74, 6) is -3.52. The predicted molar refractivity (Wildman–Crippen MR) is 129 cm³/mol. The van der Waals surface area contributed by atoms with Crippen LogP contribution >= 0.6 is 0 Å². The van der Waals surface area contributed by atoms with Gasteiger partial charge in [0.25, 0.3) is 0 Å². The van der Waals surface area contributed by atoms with Crippen molar-refractivity contribution in [2.75, 3.05) is 6.61 Å². The van der Waals surface area contributed by atoms with Gasteiger partial charge in [0.2, 0.25) is 11.8 Å². The summed E-state index contributed by atoms with van der Waals surface area (Å²) in [7, 11) is -1.75. The van der Waals surface area contributed by atoms with Crippen molar-refractivity contribution in [1.29, 1.82) is 5.26 Å². The van der Waals surface area contributed by atoms with Gasteiger partial charge in [-0.1, -0.05) is 36.4 Å². The van der Waals surface area contributed by atoms with Gasteiger partial charge in [0.1, 0.15) is 5.92 Å². The molecule has 0 spiro atoms. The Bertz CT molecular complexity index is 1040.